The van der Waals surface area contributed by atoms with Gasteiger partial charge in [0.25, 0.3) is 0 Å². The molecule has 0 radical (unpaired) electrons. The number of rotatable bonds is 5. The Hall–Kier alpha value is -2.90. The second kappa shape index (κ2) is 7.99. The van der Waals surface area contributed by atoms with Gasteiger partial charge < -0.3 is 16.0 Å². The van der Waals surface area contributed by atoms with E-state index in [1.54, 1.807) is 30.3 Å². The second-order valence-corrected chi connectivity index (χ2v) is 6.06. The Morgan fingerprint density at radius 2 is 1.73 bits per heavy atom. The van der Waals surface area contributed by atoms with E-state index in [9.17, 15) is 4.79 Å². The van der Waals surface area contributed by atoms with E-state index < -0.39 is 0 Å². The Labute approximate surface area is 159 Å². The minimum atomic E-state index is -0.124. The van der Waals surface area contributed by atoms with Crippen molar-refractivity contribution in [2.24, 2.45) is 0 Å². The molecule has 3 aromatic rings. The number of halogens is 2. The molecule has 2 aromatic carbocycles. The summed E-state index contributed by atoms with van der Waals surface area (Å²) in [5.41, 5.74) is 2.07. The average molecular weight is 389 g/mol. The zero-order valence-corrected chi connectivity index (χ0v) is 15.1. The fraction of sp³-hybridized carbons (Fsp3) is 0.0588. The maximum absolute atomic E-state index is 11.0. The molecule has 7 nitrogen and oxygen atoms in total. The molecule has 0 aliphatic rings. The first-order chi connectivity index (χ1) is 12.5. The molecule has 9 heteroatoms. The number of hydrogen-bond donors (Lipinski definition) is 3. The smallest absolute Gasteiger partial charge is 0.249 e. The highest BCUT2D eigenvalue weighted by atomic mass is 35.5. The summed E-state index contributed by atoms with van der Waals surface area (Å²) in [5, 5.41) is 17.5. The Kier molecular flexibility index (Phi) is 5.50. The van der Waals surface area contributed by atoms with Crippen molar-refractivity contribution in [2.45, 2.75) is 6.92 Å². The minimum Gasteiger partial charge on any atom is -0.339 e. The summed E-state index contributed by atoms with van der Waals surface area (Å²) >= 11 is 12.1. The van der Waals surface area contributed by atoms with Crippen molar-refractivity contribution < 1.29 is 4.79 Å². The lowest BCUT2D eigenvalue weighted by molar-refractivity contribution is -0.114. The molecule has 1 aromatic heterocycles. The number of hydrogen-bond acceptors (Lipinski definition) is 6. The predicted molar refractivity (Wildman–Crippen MR) is 104 cm³/mol. The third kappa shape index (κ3) is 4.59. The van der Waals surface area contributed by atoms with Crippen LogP contribution in [0.4, 0.5) is 28.8 Å². The maximum atomic E-state index is 11.0. The molecular formula is C17H14Cl2N6O. The molecule has 0 spiro atoms. The fourth-order valence-corrected chi connectivity index (χ4v) is 2.47. The average Bonchev–Trinajstić information content (AvgIpc) is 2.61. The van der Waals surface area contributed by atoms with Gasteiger partial charge in [0, 0.05) is 18.3 Å². The van der Waals surface area contributed by atoms with Gasteiger partial charge in [0.05, 0.1) is 21.9 Å². The molecule has 0 unspecified atom stereocenters. The van der Waals surface area contributed by atoms with Gasteiger partial charge in [0.1, 0.15) is 0 Å². The number of carbonyl (C=O) groups excluding carboxylic acids is 1. The Balaban J connectivity index is 1.73. The van der Waals surface area contributed by atoms with Crippen LogP contribution in [0.25, 0.3) is 0 Å². The standard InChI is InChI=1S/C17H14Cl2N6O/c1-10(26)21-11-5-7-12(8-6-11)22-15-9-20-25-17(24-15)23-14-4-2-3-13(18)16(14)19/h2-9H,1H3,(H,21,26)(H2,22,23,24,25). The summed E-state index contributed by atoms with van der Waals surface area (Å²) in [4.78, 5) is 15.4. The molecule has 0 atom stereocenters. The fourth-order valence-electron chi connectivity index (χ4n) is 2.13. The molecule has 0 bridgehead atoms. The van der Waals surface area contributed by atoms with Crippen molar-refractivity contribution >= 4 is 57.9 Å². The molecule has 0 fully saturated rings. The summed E-state index contributed by atoms with van der Waals surface area (Å²) in [6, 6.07) is 12.4. The molecule has 3 rings (SSSR count). The Bertz CT molecular complexity index is 933. The highest BCUT2D eigenvalue weighted by Gasteiger charge is 2.07. The summed E-state index contributed by atoms with van der Waals surface area (Å²) in [7, 11) is 0. The van der Waals surface area contributed by atoms with Gasteiger partial charge >= 0.3 is 0 Å². The van der Waals surface area contributed by atoms with Gasteiger partial charge in [0.15, 0.2) is 5.82 Å². The van der Waals surface area contributed by atoms with Crippen molar-refractivity contribution in [3.8, 4) is 0 Å². The zero-order valence-electron chi connectivity index (χ0n) is 13.6. The highest BCUT2D eigenvalue weighted by molar-refractivity contribution is 6.43. The molecule has 0 aliphatic carbocycles. The van der Waals surface area contributed by atoms with Crippen LogP contribution in [-0.2, 0) is 4.79 Å². The van der Waals surface area contributed by atoms with Crippen LogP contribution in [0.5, 0.6) is 0 Å². The van der Waals surface area contributed by atoms with Crippen molar-refractivity contribution in [3.05, 3.63) is 58.7 Å². The van der Waals surface area contributed by atoms with Gasteiger partial charge in [0.2, 0.25) is 11.9 Å². The summed E-state index contributed by atoms with van der Waals surface area (Å²) in [6.07, 6.45) is 1.49. The number of amides is 1. The van der Waals surface area contributed by atoms with Crippen LogP contribution >= 0.6 is 23.2 Å². The van der Waals surface area contributed by atoms with Gasteiger partial charge in [-0.2, -0.15) is 10.1 Å². The number of carbonyl (C=O) groups is 1. The number of benzene rings is 2. The lowest BCUT2D eigenvalue weighted by atomic mass is 10.3. The van der Waals surface area contributed by atoms with Crippen molar-refractivity contribution in [1.29, 1.82) is 0 Å². The number of anilines is 5. The number of nitrogens with one attached hydrogen (secondary N) is 3. The molecule has 0 aliphatic heterocycles. The van der Waals surface area contributed by atoms with E-state index in [0.29, 0.717) is 27.2 Å². The monoisotopic (exact) mass is 388 g/mol. The van der Waals surface area contributed by atoms with E-state index in [0.717, 1.165) is 5.69 Å². The lowest BCUT2D eigenvalue weighted by Gasteiger charge is -2.10. The lowest BCUT2D eigenvalue weighted by Crippen LogP contribution is -2.05. The van der Waals surface area contributed by atoms with Gasteiger partial charge in [-0.1, -0.05) is 29.3 Å². The molecule has 1 amide bonds. The van der Waals surface area contributed by atoms with Crippen LogP contribution in [0.3, 0.4) is 0 Å². The minimum absolute atomic E-state index is 0.124. The van der Waals surface area contributed by atoms with E-state index in [-0.39, 0.29) is 11.9 Å². The van der Waals surface area contributed by atoms with Crippen LogP contribution in [-0.4, -0.2) is 21.1 Å². The second-order valence-electron chi connectivity index (χ2n) is 5.28. The van der Waals surface area contributed by atoms with E-state index in [4.69, 9.17) is 23.2 Å². The number of aromatic nitrogens is 3. The third-order valence-electron chi connectivity index (χ3n) is 3.23. The Morgan fingerprint density at radius 3 is 2.46 bits per heavy atom. The summed E-state index contributed by atoms with van der Waals surface area (Å²) in [5.74, 6) is 0.642. The normalized spacial score (nSPS) is 10.3. The third-order valence-corrected chi connectivity index (χ3v) is 4.05. The maximum Gasteiger partial charge on any atom is 0.249 e. The summed E-state index contributed by atoms with van der Waals surface area (Å²) < 4.78 is 0. The van der Waals surface area contributed by atoms with E-state index in [2.05, 4.69) is 31.1 Å². The van der Waals surface area contributed by atoms with Crippen LogP contribution in [0.2, 0.25) is 10.0 Å². The van der Waals surface area contributed by atoms with E-state index in [1.807, 2.05) is 12.1 Å². The van der Waals surface area contributed by atoms with Crippen LogP contribution in [0.1, 0.15) is 6.92 Å². The zero-order chi connectivity index (χ0) is 18.5. The molecule has 3 N–H and O–H groups in total. The molecule has 0 saturated carbocycles. The van der Waals surface area contributed by atoms with Crippen LogP contribution in [0.15, 0.2) is 48.7 Å². The molecular weight excluding hydrogens is 375 g/mol. The van der Waals surface area contributed by atoms with Crippen molar-refractivity contribution in [3.63, 3.8) is 0 Å². The van der Waals surface area contributed by atoms with E-state index in [1.165, 1.54) is 13.1 Å². The largest absolute Gasteiger partial charge is 0.339 e. The van der Waals surface area contributed by atoms with Crippen molar-refractivity contribution in [1.82, 2.24) is 15.2 Å². The quantitative estimate of drug-likeness (QED) is 0.590. The molecule has 26 heavy (non-hydrogen) atoms. The Morgan fingerprint density at radius 1 is 1.00 bits per heavy atom. The SMILES string of the molecule is CC(=O)Nc1ccc(Nc2cnnc(Nc3cccc(Cl)c3Cl)n2)cc1. The first-order valence-electron chi connectivity index (χ1n) is 7.57. The molecule has 0 saturated heterocycles. The molecule has 132 valence electrons. The van der Waals surface area contributed by atoms with Gasteiger partial charge in [-0.05, 0) is 36.4 Å². The number of nitrogens with zero attached hydrogens (tertiary/aromatic N) is 3. The first-order valence-corrected chi connectivity index (χ1v) is 8.32. The summed E-state index contributed by atoms with van der Waals surface area (Å²) in [6.45, 7) is 1.46. The van der Waals surface area contributed by atoms with Crippen molar-refractivity contribution in [2.75, 3.05) is 16.0 Å². The first kappa shape index (κ1) is 17.9. The van der Waals surface area contributed by atoms with Crippen LogP contribution < -0.4 is 16.0 Å². The van der Waals surface area contributed by atoms with Gasteiger partial charge in [-0.3, -0.25) is 4.79 Å². The topological polar surface area (TPSA) is 91.8 Å². The molecule has 1 heterocycles. The van der Waals surface area contributed by atoms with Gasteiger partial charge in [-0.25, -0.2) is 0 Å². The van der Waals surface area contributed by atoms with E-state index >= 15 is 0 Å². The highest BCUT2D eigenvalue weighted by Crippen LogP contribution is 2.31. The van der Waals surface area contributed by atoms with Gasteiger partial charge in [-0.15, -0.1) is 5.10 Å². The predicted octanol–water partition coefficient (Wildman–Crippen LogP) is 4.62. The van der Waals surface area contributed by atoms with Crippen LogP contribution in [0, 0.1) is 0 Å².